The molecule has 0 aliphatic carbocycles. The van der Waals surface area contributed by atoms with Crippen LogP contribution < -0.4 is 5.32 Å². The second kappa shape index (κ2) is 5.56. The Morgan fingerprint density at radius 1 is 1.36 bits per heavy atom. The lowest BCUT2D eigenvalue weighted by atomic mass is 10.1. The third-order valence-electron chi connectivity index (χ3n) is 1.99. The Balaban J connectivity index is 2.88. The molecule has 0 heterocycles. The van der Waals surface area contributed by atoms with Gasteiger partial charge in [-0.25, -0.2) is 0 Å². The lowest BCUT2D eigenvalue weighted by Crippen LogP contribution is -2.18. The SMILES string of the molecule is CNC[C@H](OC)c1ccc(Cl)c(Cl)c1. The molecule has 1 aromatic rings. The fourth-order valence-corrected chi connectivity index (χ4v) is 1.54. The average molecular weight is 234 g/mol. The molecular formula is C10H13Cl2NO. The Morgan fingerprint density at radius 3 is 2.57 bits per heavy atom. The van der Waals surface area contributed by atoms with Gasteiger partial charge in [0.25, 0.3) is 0 Å². The third kappa shape index (κ3) is 2.85. The predicted molar refractivity (Wildman–Crippen MR) is 60.1 cm³/mol. The number of likely N-dealkylation sites (N-methyl/N-ethyl adjacent to an activating group) is 1. The van der Waals surface area contributed by atoms with Crippen LogP contribution in [-0.2, 0) is 4.74 Å². The molecule has 1 N–H and O–H groups in total. The molecule has 0 amide bonds. The summed E-state index contributed by atoms with van der Waals surface area (Å²) in [6, 6.07) is 5.52. The number of halogens is 2. The maximum Gasteiger partial charge on any atom is 0.0945 e. The molecule has 1 aromatic carbocycles. The zero-order valence-corrected chi connectivity index (χ0v) is 9.69. The van der Waals surface area contributed by atoms with Crippen LogP contribution in [-0.4, -0.2) is 20.7 Å². The van der Waals surface area contributed by atoms with E-state index in [0.29, 0.717) is 10.0 Å². The molecular weight excluding hydrogens is 221 g/mol. The van der Waals surface area contributed by atoms with Crippen LogP contribution >= 0.6 is 23.2 Å². The number of rotatable bonds is 4. The normalized spacial score (nSPS) is 12.9. The molecule has 0 aliphatic heterocycles. The van der Waals surface area contributed by atoms with Crippen LogP contribution in [0.25, 0.3) is 0 Å². The first kappa shape index (κ1) is 11.8. The number of nitrogens with one attached hydrogen (secondary N) is 1. The summed E-state index contributed by atoms with van der Waals surface area (Å²) in [4.78, 5) is 0. The molecule has 0 bridgehead atoms. The van der Waals surface area contributed by atoms with Crippen molar-refractivity contribution in [1.29, 1.82) is 0 Å². The molecule has 1 atom stereocenters. The van der Waals surface area contributed by atoms with Gasteiger partial charge in [-0.05, 0) is 24.7 Å². The number of hydrogen-bond acceptors (Lipinski definition) is 2. The number of benzene rings is 1. The first-order valence-electron chi connectivity index (χ1n) is 4.31. The maximum atomic E-state index is 5.91. The van der Waals surface area contributed by atoms with Crippen LogP contribution in [0.1, 0.15) is 11.7 Å². The van der Waals surface area contributed by atoms with Gasteiger partial charge in [-0.3, -0.25) is 0 Å². The van der Waals surface area contributed by atoms with E-state index in [1.165, 1.54) is 0 Å². The minimum atomic E-state index is 0.00904. The molecule has 0 spiro atoms. The summed E-state index contributed by atoms with van der Waals surface area (Å²) in [5.41, 5.74) is 1.02. The minimum Gasteiger partial charge on any atom is -0.375 e. The number of ether oxygens (including phenoxy) is 1. The molecule has 0 saturated heterocycles. The zero-order valence-electron chi connectivity index (χ0n) is 8.18. The van der Waals surface area contributed by atoms with E-state index in [9.17, 15) is 0 Å². The quantitative estimate of drug-likeness (QED) is 0.864. The van der Waals surface area contributed by atoms with Crippen molar-refractivity contribution >= 4 is 23.2 Å². The zero-order chi connectivity index (χ0) is 10.6. The van der Waals surface area contributed by atoms with E-state index in [-0.39, 0.29) is 6.10 Å². The van der Waals surface area contributed by atoms with Crippen molar-refractivity contribution in [2.75, 3.05) is 20.7 Å². The van der Waals surface area contributed by atoms with Gasteiger partial charge >= 0.3 is 0 Å². The number of methoxy groups -OCH3 is 1. The van der Waals surface area contributed by atoms with E-state index in [2.05, 4.69) is 5.32 Å². The third-order valence-corrected chi connectivity index (χ3v) is 2.73. The average Bonchev–Trinajstić information content (AvgIpc) is 2.19. The van der Waals surface area contributed by atoms with E-state index in [4.69, 9.17) is 27.9 Å². The monoisotopic (exact) mass is 233 g/mol. The van der Waals surface area contributed by atoms with Crippen molar-refractivity contribution in [3.63, 3.8) is 0 Å². The fraction of sp³-hybridized carbons (Fsp3) is 0.400. The predicted octanol–water partition coefficient (Wildman–Crippen LogP) is 2.90. The van der Waals surface area contributed by atoms with Gasteiger partial charge in [-0.2, -0.15) is 0 Å². The second-order valence-electron chi connectivity index (χ2n) is 2.96. The highest BCUT2D eigenvalue weighted by Gasteiger charge is 2.10. The first-order chi connectivity index (χ1) is 6.69. The second-order valence-corrected chi connectivity index (χ2v) is 3.77. The summed E-state index contributed by atoms with van der Waals surface area (Å²) in [5, 5.41) is 4.17. The molecule has 0 saturated carbocycles. The van der Waals surface area contributed by atoms with Crippen LogP contribution in [0, 0.1) is 0 Å². The van der Waals surface area contributed by atoms with Crippen LogP contribution in [0.2, 0.25) is 10.0 Å². The van der Waals surface area contributed by atoms with E-state index < -0.39 is 0 Å². The fourth-order valence-electron chi connectivity index (χ4n) is 1.24. The molecule has 4 heteroatoms. The van der Waals surface area contributed by atoms with Gasteiger partial charge in [-0.1, -0.05) is 29.3 Å². The lowest BCUT2D eigenvalue weighted by molar-refractivity contribution is 0.104. The Labute approximate surface area is 94.2 Å². The van der Waals surface area contributed by atoms with Gasteiger partial charge in [0.05, 0.1) is 16.1 Å². The molecule has 78 valence electrons. The highest BCUT2D eigenvalue weighted by atomic mass is 35.5. The highest BCUT2D eigenvalue weighted by molar-refractivity contribution is 6.42. The van der Waals surface area contributed by atoms with Gasteiger partial charge < -0.3 is 10.1 Å². The van der Waals surface area contributed by atoms with Crippen molar-refractivity contribution in [2.24, 2.45) is 0 Å². The molecule has 0 fully saturated rings. The summed E-state index contributed by atoms with van der Waals surface area (Å²) in [5.74, 6) is 0. The maximum absolute atomic E-state index is 5.91. The summed E-state index contributed by atoms with van der Waals surface area (Å²) in [6.07, 6.45) is 0.00904. The molecule has 0 unspecified atom stereocenters. The van der Waals surface area contributed by atoms with E-state index in [1.807, 2.05) is 19.2 Å². The Kier molecular flexibility index (Phi) is 4.69. The lowest BCUT2D eigenvalue weighted by Gasteiger charge is -2.15. The van der Waals surface area contributed by atoms with Crippen LogP contribution in [0.5, 0.6) is 0 Å². The molecule has 2 nitrogen and oxygen atoms in total. The van der Waals surface area contributed by atoms with Gasteiger partial charge in [-0.15, -0.1) is 0 Å². The van der Waals surface area contributed by atoms with Crippen LogP contribution in [0.3, 0.4) is 0 Å². The molecule has 1 rings (SSSR count). The van der Waals surface area contributed by atoms with Crippen molar-refractivity contribution in [3.05, 3.63) is 33.8 Å². The van der Waals surface area contributed by atoms with Crippen LogP contribution in [0.15, 0.2) is 18.2 Å². The summed E-state index contributed by atoms with van der Waals surface area (Å²) >= 11 is 11.7. The minimum absolute atomic E-state index is 0.00904. The Hall–Kier alpha value is -0.280. The van der Waals surface area contributed by atoms with Crippen molar-refractivity contribution in [1.82, 2.24) is 5.32 Å². The van der Waals surface area contributed by atoms with Gasteiger partial charge in [0.2, 0.25) is 0 Å². The summed E-state index contributed by atoms with van der Waals surface area (Å²) < 4.78 is 5.31. The van der Waals surface area contributed by atoms with E-state index >= 15 is 0 Å². The molecule has 0 radical (unpaired) electrons. The largest absolute Gasteiger partial charge is 0.375 e. The van der Waals surface area contributed by atoms with Gasteiger partial charge in [0, 0.05) is 13.7 Å². The topological polar surface area (TPSA) is 21.3 Å². The van der Waals surface area contributed by atoms with Gasteiger partial charge in [0.15, 0.2) is 0 Å². The molecule has 0 aromatic heterocycles. The Morgan fingerprint density at radius 2 is 2.07 bits per heavy atom. The molecule has 0 aliphatic rings. The van der Waals surface area contributed by atoms with Crippen molar-refractivity contribution < 1.29 is 4.74 Å². The van der Waals surface area contributed by atoms with Gasteiger partial charge in [0.1, 0.15) is 0 Å². The highest BCUT2D eigenvalue weighted by Crippen LogP contribution is 2.26. The smallest absolute Gasteiger partial charge is 0.0945 e. The van der Waals surface area contributed by atoms with Crippen LogP contribution in [0.4, 0.5) is 0 Å². The van der Waals surface area contributed by atoms with E-state index in [0.717, 1.165) is 12.1 Å². The molecule has 14 heavy (non-hydrogen) atoms. The summed E-state index contributed by atoms with van der Waals surface area (Å²) in [6.45, 7) is 0.745. The van der Waals surface area contributed by atoms with Crippen molar-refractivity contribution in [3.8, 4) is 0 Å². The first-order valence-corrected chi connectivity index (χ1v) is 5.07. The van der Waals surface area contributed by atoms with E-state index in [1.54, 1.807) is 13.2 Å². The van der Waals surface area contributed by atoms with Crippen molar-refractivity contribution in [2.45, 2.75) is 6.10 Å². The summed E-state index contributed by atoms with van der Waals surface area (Å²) in [7, 11) is 3.55. The Bertz CT molecular complexity index is 304. The standard InChI is InChI=1S/C10H13Cl2NO/c1-13-6-10(14-2)7-3-4-8(11)9(12)5-7/h3-5,10,13H,6H2,1-2H3/t10-/m0/s1. The number of hydrogen-bond donors (Lipinski definition) is 1.